The van der Waals surface area contributed by atoms with Crippen LogP contribution in [0.25, 0.3) is 22.3 Å². The lowest BCUT2D eigenvalue weighted by molar-refractivity contribution is 0.0648. The number of hydrogen-bond donors (Lipinski definition) is 5. The molecule has 9 nitrogen and oxygen atoms in total. The van der Waals surface area contributed by atoms with Crippen LogP contribution in [0.3, 0.4) is 0 Å². The summed E-state index contributed by atoms with van der Waals surface area (Å²) in [6.07, 6.45) is 0. The SMILES string of the molecule is O=C(O)c1cccc(-c2ccc(C(=O)O)c(C(=O)O)c2O)c1C(=O)O.c1ccc(-c2ccccc2)cc1. The predicted molar refractivity (Wildman–Crippen MR) is 133 cm³/mol. The molecule has 9 heteroatoms. The molecule has 4 rings (SSSR count). The number of carboxylic acids is 4. The van der Waals surface area contributed by atoms with Gasteiger partial charge >= 0.3 is 23.9 Å². The van der Waals surface area contributed by atoms with E-state index in [0.717, 1.165) is 18.2 Å². The Labute approximate surface area is 210 Å². The Morgan fingerprint density at radius 3 is 1.32 bits per heavy atom. The summed E-state index contributed by atoms with van der Waals surface area (Å²) in [6, 6.07) is 26.1. The Morgan fingerprint density at radius 1 is 0.432 bits per heavy atom. The summed E-state index contributed by atoms with van der Waals surface area (Å²) in [4.78, 5) is 45.1. The molecule has 0 saturated heterocycles. The largest absolute Gasteiger partial charge is 0.506 e. The van der Waals surface area contributed by atoms with E-state index >= 15 is 0 Å². The van der Waals surface area contributed by atoms with E-state index in [1.165, 1.54) is 23.3 Å². The van der Waals surface area contributed by atoms with Crippen molar-refractivity contribution in [3.05, 3.63) is 113 Å². The van der Waals surface area contributed by atoms with Gasteiger partial charge in [-0.2, -0.15) is 0 Å². The van der Waals surface area contributed by atoms with Crippen molar-refractivity contribution in [1.82, 2.24) is 0 Å². The second kappa shape index (κ2) is 11.3. The Hall–Kier alpha value is -5.44. The summed E-state index contributed by atoms with van der Waals surface area (Å²) in [7, 11) is 0. The molecule has 0 fully saturated rings. The highest BCUT2D eigenvalue weighted by atomic mass is 16.4. The third-order valence-electron chi connectivity index (χ3n) is 5.30. The highest BCUT2D eigenvalue weighted by molar-refractivity contribution is 6.09. The standard InChI is InChI=1S/C16H10O9.C12H10/c17-12-7(4-5-9(14(20)21)11(12)16(24)25)6-2-1-3-8(13(18)19)10(6)15(22)23;1-3-7-11(8-4-1)12-9-5-2-6-10-12/h1-5,17H,(H,18,19)(H,20,21)(H,22,23)(H,24,25);1-10H. The van der Waals surface area contributed by atoms with E-state index in [2.05, 4.69) is 48.5 Å². The lowest BCUT2D eigenvalue weighted by atomic mass is 9.92. The monoisotopic (exact) mass is 500 g/mol. The molecule has 0 heterocycles. The molecule has 0 spiro atoms. The smallest absolute Gasteiger partial charge is 0.340 e. The first-order chi connectivity index (χ1) is 17.6. The molecular weight excluding hydrogens is 480 g/mol. The molecule has 5 N–H and O–H groups in total. The third-order valence-corrected chi connectivity index (χ3v) is 5.30. The molecule has 0 atom stereocenters. The van der Waals surface area contributed by atoms with E-state index in [4.69, 9.17) is 15.3 Å². The van der Waals surface area contributed by atoms with Gasteiger partial charge in [0, 0.05) is 11.1 Å². The second-order valence-corrected chi connectivity index (χ2v) is 7.57. The Kier molecular flexibility index (Phi) is 8.01. The molecular formula is C28H20O9. The van der Waals surface area contributed by atoms with Crippen LogP contribution in [0.1, 0.15) is 41.4 Å². The zero-order valence-corrected chi connectivity index (χ0v) is 19.0. The number of carbonyl (C=O) groups is 4. The number of aromatic carboxylic acids is 4. The highest BCUT2D eigenvalue weighted by Crippen LogP contribution is 2.37. The molecule has 0 amide bonds. The van der Waals surface area contributed by atoms with Crippen LogP contribution >= 0.6 is 0 Å². The van der Waals surface area contributed by atoms with Crippen molar-refractivity contribution in [2.75, 3.05) is 0 Å². The van der Waals surface area contributed by atoms with Crippen LogP contribution in [0.15, 0.2) is 91.0 Å². The summed E-state index contributed by atoms with van der Waals surface area (Å²) in [5, 5.41) is 46.8. The number of hydrogen-bond acceptors (Lipinski definition) is 5. The van der Waals surface area contributed by atoms with Crippen molar-refractivity contribution in [3.63, 3.8) is 0 Å². The van der Waals surface area contributed by atoms with E-state index in [-0.39, 0.29) is 11.1 Å². The fourth-order valence-corrected chi connectivity index (χ4v) is 3.65. The first-order valence-electron chi connectivity index (χ1n) is 10.7. The molecule has 0 aliphatic carbocycles. The molecule has 0 aliphatic rings. The lowest BCUT2D eigenvalue weighted by Crippen LogP contribution is -2.11. The highest BCUT2D eigenvalue weighted by Gasteiger charge is 2.27. The van der Waals surface area contributed by atoms with Gasteiger partial charge < -0.3 is 25.5 Å². The normalized spacial score (nSPS) is 10.1. The molecule has 0 saturated carbocycles. The molecule has 4 aromatic carbocycles. The van der Waals surface area contributed by atoms with Crippen molar-refractivity contribution >= 4 is 23.9 Å². The number of aromatic hydroxyl groups is 1. The molecule has 0 aromatic heterocycles. The molecule has 37 heavy (non-hydrogen) atoms. The summed E-state index contributed by atoms with van der Waals surface area (Å²) in [6.45, 7) is 0. The summed E-state index contributed by atoms with van der Waals surface area (Å²) >= 11 is 0. The maximum atomic E-state index is 11.5. The van der Waals surface area contributed by atoms with Gasteiger partial charge in [-0.3, -0.25) is 0 Å². The minimum Gasteiger partial charge on any atom is -0.506 e. The molecule has 0 unspecified atom stereocenters. The predicted octanol–water partition coefficient (Wildman–Crippen LogP) is 5.21. The van der Waals surface area contributed by atoms with Crippen molar-refractivity contribution in [3.8, 4) is 28.0 Å². The van der Waals surface area contributed by atoms with Crippen molar-refractivity contribution < 1.29 is 44.7 Å². The molecule has 186 valence electrons. The van der Waals surface area contributed by atoms with Gasteiger partial charge in [-0.1, -0.05) is 72.8 Å². The Bertz CT molecular complexity index is 1440. The average Bonchev–Trinajstić information content (AvgIpc) is 2.89. The van der Waals surface area contributed by atoms with Gasteiger partial charge in [0.25, 0.3) is 0 Å². The van der Waals surface area contributed by atoms with E-state index in [9.17, 15) is 29.4 Å². The summed E-state index contributed by atoms with van der Waals surface area (Å²) in [5.41, 5.74) is -0.876. The topological polar surface area (TPSA) is 169 Å². The van der Waals surface area contributed by atoms with Crippen LogP contribution < -0.4 is 0 Å². The van der Waals surface area contributed by atoms with Crippen molar-refractivity contribution in [1.29, 1.82) is 0 Å². The summed E-state index contributed by atoms with van der Waals surface area (Å²) < 4.78 is 0. The van der Waals surface area contributed by atoms with Crippen LogP contribution in [0, 0.1) is 0 Å². The first-order valence-corrected chi connectivity index (χ1v) is 10.7. The molecule has 0 aliphatic heterocycles. The fourth-order valence-electron chi connectivity index (χ4n) is 3.65. The van der Waals surface area contributed by atoms with E-state index in [1.807, 2.05) is 12.1 Å². The van der Waals surface area contributed by atoms with E-state index in [0.29, 0.717) is 0 Å². The zero-order chi connectivity index (χ0) is 27.1. The van der Waals surface area contributed by atoms with Gasteiger partial charge in [-0.05, 0) is 29.3 Å². The Morgan fingerprint density at radius 2 is 0.892 bits per heavy atom. The van der Waals surface area contributed by atoms with Gasteiger partial charge in [-0.25, -0.2) is 19.2 Å². The number of phenols is 1. The second-order valence-electron chi connectivity index (χ2n) is 7.57. The van der Waals surface area contributed by atoms with Gasteiger partial charge in [0.1, 0.15) is 11.3 Å². The van der Waals surface area contributed by atoms with Crippen molar-refractivity contribution in [2.45, 2.75) is 0 Å². The van der Waals surface area contributed by atoms with Crippen LogP contribution in [0.5, 0.6) is 5.75 Å². The Balaban J connectivity index is 0.000000262. The minimum absolute atomic E-state index is 0.260. The lowest BCUT2D eigenvalue weighted by Gasteiger charge is -2.13. The number of carboxylic acid groups (broad SMARTS) is 4. The molecule has 0 bridgehead atoms. The quantitative estimate of drug-likeness (QED) is 0.239. The van der Waals surface area contributed by atoms with Crippen LogP contribution in [0.4, 0.5) is 0 Å². The van der Waals surface area contributed by atoms with Gasteiger partial charge in [0.2, 0.25) is 0 Å². The van der Waals surface area contributed by atoms with Crippen LogP contribution in [0.2, 0.25) is 0 Å². The average molecular weight is 500 g/mol. The van der Waals surface area contributed by atoms with E-state index in [1.54, 1.807) is 0 Å². The minimum atomic E-state index is -1.73. The zero-order valence-electron chi connectivity index (χ0n) is 19.0. The maximum Gasteiger partial charge on any atom is 0.340 e. The number of benzene rings is 4. The van der Waals surface area contributed by atoms with Crippen LogP contribution in [-0.2, 0) is 0 Å². The maximum absolute atomic E-state index is 11.5. The van der Waals surface area contributed by atoms with Gasteiger partial charge in [0.15, 0.2) is 0 Å². The third kappa shape index (κ3) is 5.80. The van der Waals surface area contributed by atoms with Crippen molar-refractivity contribution in [2.24, 2.45) is 0 Å². The van der Waals surface area contributed by atoms with Gasteiger partial charge in [-0.15, -0.1) is 0 Å². The summed E-state index contributed by atoms with van der Waals surface area (Å²) in [5.74, 6) is -7.44. The van der Waals surface area contributed by atoms with E-state index < -0.39 is 51.9 Å². The molecule has 0 radical (unpaired) electrons. The first kappa shape index (κ1) is 26.2. The fraction of sp³-hybridized carbons (Fsp3) is 0. The van der Waals surface area contributed by atoms with Gasteiger partial charge in [0.05, 0.1) is 16.7 Å². The number of rotatable bonds is 6. The van der Waals surface area contributed by atoms with Crippen LogP contribution in [-0.4, -0.2) is 49.4 Å². The molecule has 4 aromatic rings.